The first-order valence-corrected chi connectivity index (χ1v) is 10.7. The number of carbonyl (C=O) groups excluding carboxylic acids is 2. The molecule has 2 heterocycles. The van der Waals surface area contributed by atoms with Crippen molar-refractivity contribution in [2.45, 2.75) is 19.8 Å². The third-order valence-electron chi connectivity index (χ3n) is 5.92. The van der Waals surface area contributed by atoms with Crippen molar-refractivity contribution in [2.75, 3.05) is 37.0 Å². The summed E-state index contributed by atoms with van der Waals surface area (Å²) in [6, 6.07) is 14.6. The summed E-state index contributed by atoms with van der Waals surface area (Å²) in [5, 5.41) is 0.598. The lowest BCUT2D eigenvalue weighted by molar-refractivity contribution is -0.120. The van der Waals surface area contributed by atoms with E-state index in [1.807, 2.05) is 55.4 Å². The molecule has 5 nitrogen and oxygen atoms in total. The fraction of sp³-hybridized carbons (Fsp3) is 0.333. The smallest absolute Gasteiger partial charge is 0.282 e. The van der Waals surface area contributed by atoms with E-state index in [4.69, 9.17) is 11.6 Å². The van der Waals surface area contributed by atoms with Crippen molar-refractivity contribution >= 4 is 40.4 Å². The van der Waals surface area contributed by atoms with Gasteiger partial charge in [0.2, 0.25) is 0 Å². The van der Waals surface area contributed by atoms with Gasteiger partial charge in [0.15, 0.2) is 0 Å². The van der Waals surface area contributed by atoms with Crippen LogP contribution in [-0.4, -0.2) is 43.9 Å². The van der Waals surface area contributed by atoms with Gasteiger partial charge in [-0.05, 0) is 60.7 Å². The Balaban J connectivity index is 1.76. The standard InChI is InChI=1S/C24H26ClN3O2/c1-16-12-14-27(15-13-16)22-21(17-4-6-18(25)7-5-17)23(29)28(24(22)30)20-10-8-19(9-11-20)26(2)3/h4-11,16H,12-15H2,1-3H3. The maximum Gasteiger partial charge on any atom is 0.282 e. The predicted molar refractivity (Wildman–Crippen MR) is 122 cm³/mol. The lowest BCUT2D eigenvalue weighted by atomic mass is 9.97. The van der Waals surface area contributed by atoms with Crippen molar-refractivity contribution in [2.24, 2.45) is 5.92 Å². The number of rotatable bonds is 4. The van der Waals surface area contributed by atoms with Gasteiger partial charge < -0.3 is 9.80 Å². The summed E-state index contributed by atoms with van der Waals surface area (Å²) in [5.41, 5.74) is 3.28. The van der Waals surface area contributed by atoms with E-state index >= 15 is 0 Å². The molecule has 0 aromatic heterocycles. The van der Waals surface area contributed by atoms with E-state index in [1.165, 1.54) is 4.90 Å². The Morgan fingerprint density at radius 1 is 0.900 bits per heavy atom. The molecular formula is C24H26ClN3O2. The molecule has 4 rings (SSSR count). The van der Waals surface area contributed by atoms with Gasteiger partial charge in [0.25, 0.3) is 11.8 Å². The Morgan fingerprint density at radius 3 is 2.07 bits per heavy atom. The van der Waals surface area contributed by atoms with Crippen LogP contribution in [0.2, 0.25) is 5.02 Å². The highest BCUT2D eigenvalue weighted by molar-refractivity contribution is 6.45. The van der Waals surface area contributed by atoms with Crippen LogP contribution in [0.4, 0.5) is 11.4 Å². The molecule has 2 aromatic rings. The molecule has 0 bridgehead atoms. The number of nitrogens with zero attached hydrogens (tertiary/aromatic N) is 3. The first-order chi connectivity index (χ1) is 14.4. The lowest BCUT2D eigenvalue weighted by Gasteiger charge is -2.32. The van der Waals surface area contributed by atoms with Crippen molar-refractivity contribution in [1.82, 2.24) is 4.90 Å². The first-order valence-electron chi connectivity index (χ1n) is 10.3. The molecule has 0 spiro atoms. The van der Waals surface area contributed by atoms with E-state index in [9.17, 15) is 9.59 Å². The van der Waals surface area contributed by atoms with E-state index in [0.29, 0.717) is 27.9 Å². The van der Waals surface area contributed by atoms with Crippen LogP contribution >= 0.6 is 11.6 Å². The van der Waals surface area contributed by atoms with Crippen LogP contribution in [-0.2, 0) is 9.59 Å². The Morgan fingerprint density at radius 2 is 1.50 bits per heavy atom. The van der Waals surface area contributed by atoms with Crippen LogP contribution in [0.5, 0.6) is 0 Å². The van der Waals surface area contributed by atoms with Crippen LogP contribution in [0.1, 0.15) is 25.3 Å². The number of halogens is 1. The number of carbonyl (C=O) groups is 2. The van der Waals surface area contributed by atoms with Crippen LogP contribution in [0.3, 0.4) is 0 Å². The monoisotopic (exact) mass is 423 g/mol. The minimum absolute atomic E-state index is 0.253. The molecule has 2 amide bonds. The van der Waals surface area contributed by atoms with Crippen molar-refractivity contribution in [1.29, 1.82) is 0 Å². The Labute approximate surface area is 182 Å². The van der Waals surface area contributed by atoms with Crippen molar-refractivity contribution in [3.8, 4) is 0 Å². The topological polar surface area (TPSA) is 43.9 Å². The Hall–Kier alpha value is -2.79. The number of benzene rings is 2. The molecule has 2 aliphatic rings. The molecule has 0 N–H and O–H groups in total. The predicted octanol–water partition coefficient (Wildman–Crippen LogP) is 4.42. The van der Waals surface area contributed by atoms with E-state index in [2.05, 4.69) is 11.8 Å². The molecular weight excluding hydrogens is 398 g/mol. The third kappa shape index (κ3) is 3.70. The number of anilines is 2. The van der Waals surface area contributed by atoms with Gasteiger partial charge in [-0.3, -0.25) is 9.59 Å². The van der Waals surface area contributed by atoms with Crippen LogP contribution < -0.4 is 9.80 Å². The summed E-state index contributed by atoms with van der Waals surface area (Å²) in [7, 11) is 3.91. The molecule has 30 heavy (non-hydrogen) atoms. The summed E-state index contributed by atoms with van der Waals surface area (Å²) in [5.74, 6) is 0.0911. The maximum atomic E-state index is 13.5. The van der Waals surface area contributed by atoms with E-state index < -0.39 is 0 Å². The normalized spacial score (nSPS) is 17.9. The molecule has 1 fully saturated rings. The average molecular weight is 424 g/mol. The minimum Gasteiger partial charge on any atom is -0.378 e. The summed E-state index contributed by atoms with van der Waals surface area (Å²) < 4.78 is 0. The number of amides is 2. The molecule has 0 aliphatic carbocycles. The van der Waals surface area contributed by atoms with Gasteiger partial charge in [-0.15, -0.1) is 0 Å². The first kappa shape index (κ1) is 20.5. The second kappa shape index (κ2) is 8.15. The number of likely N-dealkylation sites (tertiary alicyclic amines) is 1. The summed E-state index contributed by atoms with van der Waals surface area (Å²) in [4.78, 5) is 32.4. The number of imide groups is 1. The molecule has 156 valence electrons. The summed E-state index contributed by atoms with van der Waals surface area (Å²) >= 11 is 6.06. The van der Waals surface area contributed by atoms with E-state index in [0.717, 1.165) is 37.2 Å². The Bertz CT molecular complexity index is 988. The zero-order valence-corrected chi connectivity index (χ0v) is 18.3. The number of hydrogen-bond donors (Lipinski definition) is 0. The molecule has 0 unspecified atom stereocenters. The fourth-order valence-electron chi connectivity index (χ4n) is 4.05. The molecule has 1 saturated heterocycles. The van der Waals surface area contributed by atoms with Crippen LogP contribution in [0.15, 0.2) is 54.2 Å². The second-order valence-corrected chi connectivity index (χ2v) is 8.69. The van der Waals surface area contributed by atoms with Crippen molar-refractivity contribution < 1.29 is 9.59 Å². The van der Waals surface area contributed by atoms with Gasteiger partial charge >= 0.3 is 0 Å². The van der Waals surface area contributed by atoms with Gasteiger partial charge in [-0.2, -0.15) is 0 Å². The minimum atomic E-state index is -0.284. The van der Waals surface area contributed by atoms with Crippen molar-refractivity contribution in [3.05, 3.63) is 64.8 Å². The van der Waals surface area contributed by atoms with E-state index in [-0.39, 0.29) is 11.8 Å². The van der Waals surface area contributed by atoms with Gasteiger partial charge in [0.05, 0.1) is 11.3 Å². The lowest BCUT2D eigenvalue weighted by Crippen LogP contribution is -2.38. The molecule has 0 saturated carbocycles. The van der Waals surface area contributed by atoms with Gasteiger partial charge in [0.1, 0.15) is 5.70 Å². The Kier molecular flexibility index (Phi) is 5.56. The highest BCUT2D eigenvalue weighted by Gasteiger charge is 2.42. The highest BCUT2D eigenvalue weighted by Crippen LogP contribution is 2.37. The largest absolute Gasteiger partial charge is 0.378 e. The zero-order valence-electron chi connectivity index (χ0n) is 17.6. The molecule has 2 aromatic carbocycles. The maximum absolute atomic E-state index is 13.5. The average Bonchev–Trinajstić information content (AvgIpc) is 2.99. The second-order valence-electron chi connectivity index (χ2n) is 8.26. The zero-order chi connectivity index (χ0) is 21.4. The van der Waals surface area contributed by atoms with Crippen LogP contribution in [0.25, 0.3) is 5.57 Å². The third-order valence-corrected chi connectivity index (χ3v) is 6.17. The van der Waals surface area contributed by atoms with E-state index in [1.54, 1.807) is 12.1 Å². The molecule has 2 aliphatic heterocycles. The quantitative estimate of drug-likeness (QED) is 0.683. The highest BCUT2D eigenvalue weighted by atomic mass is 35.5. The number of hydrogen-bond acceptors (Lipinski definition) is 4. The fourth-order valence-corrected chi connectivity index (χ4v) is 4.18. The SMILES string of the molecule is CC1CCN(C2=C(c3ccc(Cl)cc3)C(=O)N(c3ccc(N(C)C)cc3)C2=O)CC1. The molecule has 6 heteroatoms. The van der Waals surface area contributed by atoms with Crippen molar-refractivity contribution in [3.63, 3.8) is 0 Å². The molecule has 0 atom stereocenters. The number of piperidine rings is 1. The van der Waals surface area contributed by atoms with Gasteiger partial charge in [0, 0.05) is 37.9 Å². The molecule has 0 radical (unpaired) electrons. The summed E-state index contributed by atoms with van der Waals surface area (Å²) in [6.45, 7) is 3.78. The summed E-state index contributed by atoms with van der Waals surface area (Å²) in [6.07, 6.45) is 2.02. The van der Waals surface area contributed by atoms with Gasteiger partial charge in [-0.1, -0.05) is 30.7 Å². The van der Waals surface area contributed by atoms with Crippen LogP contribution in [0, 0.1) is 5.92 Å². The van der Waals surface area contributed by atoms with Gasteiger partial charge in [-0.25, -0.2) is 4.90 Å².